The summed E-state index contributed by atoms with van der Waals surface area (Å²) in [6.07, 6.45) is 4.21. The van der Waals surface area contributed by atoms with Gasteiger partial charge in [0, 0.05) is 6.54 Å². The molecule has 0 aromatic rings. The quantitative estimate of drug-likeness (QED) is 0.716. The number of nitrogens with one attached hydrogen (secondary N) is 2. The van der Waals surface area contributed by atoms with Crippen LogP contribution in [-0.2, 0) is 4.79 Å². The minimum absolute atomic E-state index is 0.0662. The highest BCUT2D eigenvalue weighted by Gasteiger charge is 2.21. The third-order valence-electron chi connectivity index (χ3n) is 2.45. The summed E-state index contributed by atoms with van der Waals surface area (Å²) in [5.41, 5.74) is 0. The summed E-state index contributed by atoms with van der Waals surface area (Å²) >= 11 is 1.83. The van der Waals surface area contributed by atoms with Crippen molar-refractivity contribution in [2.75, 3.05) is 25.1 Å². The molecule has 0 aromatic carbocycles. The van der Waals surface area contributed by atoms with Crippen molar-refractivity contribution in [3.05, 3.63) is 0 Å². The maximum absolute atomic E-state index is 11.6. The lowest BCUT2D eigenvalue weighted by Crippen LogP contribution is -2.42. The fourth-order valence-corrected chi connectivity index (χ4v) is 2.34. The molecule has 1 rings (SSSR count). The molecule has 1 amide bonds. The monoisotopic (exact) mass is 216 g/mol. The first-order valence-corrected chi connectivity index (χ1v) is 6.63. The Bertz CT molecular complexity index is 181. The lowest BCUT2D eigenvalue weighted by molar-refractivity contribution is -0.122. The van der Waals surface area contributed by atoms with Gasteiger partial charge in [-0.25, -0.2) is 0 Å². The molecule has 1 heterocycles. The third-order valence-corrected chi connectivity index (χ3v) is 3.36. The smallest absolute Gasteiger partial charge is 0.237 e. The van der Waals surface area contributed by atoms with E-state index in [0.717, 1.165) is 31.7 Å². The van der Waals surface area contributed by atoms with Crippen LogP contribution < -0.4 is 10.6 Å². The Morgan fingerprint density at radius 2 is 2.50 bits per heavy atom. The topological polar surface area (TPSA) is 41.1 Å². The standard InChI is InChI=1S/C10H20N2OS/c1-8(7-14-2)6-12-10(13)9-4-3-5-11-9/h8-9,11H,3-7H2,1-2H3,(H,12,13)/t8?,9-/m1/s1. The fourth-order valence-electron chi connectivity index (χ4n) is 1.65. The maximum Gasteiger partial charge on any atom is 0.237 e. The molecule has 0 aliphatic carbocycles. The van der Waals surface area contributed by atoms with Gasteiger partial charge < -0.3 is 10.6 Å². The summed E-state index contributed by atoms with van der Waals surface area (Å²) in [7, 11) is 0. The SMILES string of the molecule is CSCC(C)CNC(=O)[C@H]1CCCN1. The lowest BCUT2D eigenvalue weighted by atomic mass is 10.2. The molecular formula is C10H20N2OS. The Morgan fingerprint density at radius 3 is 3.07 bits per heavy atom. The van der Waals surface area contributed by atoms with E-state index in [1.54, 1.807) is 0 Å². The molecule has 4 heteroatoms. The first-order valence-electron chi connectivity index (χ1n) is 5.24. The largest absolute Gasteiger partial charge is 0.354 e. The second-order valence-electron chi connectivity index (χ2n) is 3.95. The van der Waals surface area contributed by atoms with Gasteiger partial charge in [-0.15, -0.1) is 0 Å². The number of hydrogen-bond donors (Lipinski definition) is 2. The van der Waals surface area contributed by atoms with Crippen LogP contribution in [0.1, 0.15) is 19.8 Å². The molecular weight excluding hydrogens is 196 g/mol. The van der Waals surface area contributed by atoms with Crippen LogP contribution in [-0.4, -0.2) is 37.0 Å². The molecule has 2 atom stereocenters. The highest BCUT2D eigenvalue weighted by molar-refractivity contribution is 7.98. The Morgan fingerprint density at radius 1 is 1.71 bits per heavy atom. The zero-order chi connectivity index (χ0) is 10.4. The van der Waals surface area contributed by atoms with Gasteiger partial charge in [-0.1, -0.05) is 6.92 Å². The van der Waals surface area contributed by atoms with Crippen LogP contribution in [0.4, 0.5) is 0 Å². The van der Waals surface area contributed by atoms with Crippen molar-refractivity contribution in [2.24, 2.45) is 5.92 Å². The average molecular weight is 216 g/mol. The van der Waals surface area contributed by atoms with Crippen molar-refractivity contribution < 1.29 is 4.79 Å². The van der Waals surface area contributed by atoms with Crippen molar-refractivity contribution in [3.8, 4) is 0 Å². The van der Waals surface area contributed by atoms with Crippen molar-refractivity contribution in [1.29, 1.82) is 0 Å². The maximum atomic E-state index is 11.6. The van der Waals surface area contributed by atoms with Crippen LogP contribution in [0.15, 0.2) is 0 Å². The molecule has 1 saturated heterocycles. The van der Waals surface area contributed by atoms with Crippen LogP contribution in [0.25, 0.3) is 0 Å². The van der Waals surface area contributed by atoms with Gasteiger partial charge in [0.05, 0.1) is 6.04 Å². The molecule has 1 aliphatic rings. The highest BCUT2D eigenvalue weighted by Crippen LogP contribution is 2.06. The van der Waals surface area contributed by atoms with E-state index in [0.29, 0.717) is 5.92 Å². The summed E-state index contributed by atoms with van der Waals surface area (Å²) in [5.74, 6) is 1.85. The lowest BCUT2D eigenvalue weighted by Gasteiger charge is -2.14. The molecule has 0 radical (unpaired) electrons. The van der Waals surface area contributed by atoms with Crippen molar-refractivity contribution in [1.82, 2.24) is 10.6 Å². The van der Waals surface area contributed by atoms with Crippen LogP contribution in [0.2, 0.25) is 0 Å². The first-order chi connectivity index (χ1) is 6.74. The van der Waals surface area contributed by atoms with Crippen LogP contribution in [0.5, 0.6) is 0 Å². The number of amides is 1. The van der Waals surface area contributed by atoms with Crippen LogP contribution in [0.3, 0.4) is 0 Å². The van der Waals surface area contributed by atoms with Gasteiger partial charge in [0.2, 0.25) is 5.91 Å². The number of hydrogen-bond acceptors (Lipinski definition) is 3. The molecule has 1 unspecified atom stereocenters. The van der Waals surface area contributed by atoms with Gasteiger partial charge in [-0.05, 0) is 37.3 Å². The van der Waals surface area contributed by atoms with Gasteiger partial charge in [0.15, 0.2) is 0 Å². The molecule has 1 aliphatic heterocycles. The zero-order valence-electron chi connectivity index (χ0n) is 9.01. The van der Waals surface area contributed by atoms with E-state index in [1.165, 1.54) is 0 Å². The molecule has 0 bridgehead atoms. The number of carbonyl (C=O) groups excluding carboxylic acids is 1. The highest BCUT2D eigenvalue weighted by atomic mass is 32.2. The molecule has 14 heavy (non-hydrogen) atoms. The minimum atomic E-state index is 0.0662. The van der Waals surface area contributed by atoms with Gasteiger partial charge >= 0.3 is 0 Å². The minimum Gasteiger partial charge on any atom is -0.354 e. The van der Waals surface area contributed by atoms with E-state index in [2.05, 4.69) is 23.8 Å². The summed E-state index contributed by atoms with van der Waals surface area (Å²) in [6, 6.07) is 0.0662. The molecule has 3 nitrogen and oxygen atoms in total. The summed E-state index contributed by atoms with van der Waals surface area (Å²) < 4.78 is 0. The van der Waals surface area contributed by atoms with Crippen molar-refractivity contribution in [2.45, 2.75) is 25.8 Å². The second kappa shape index (κ2) is 6.30. The van der Waals surface area contributed by atoms with E-state index in [-0.39, 0.29) is 11.9 Å². The Balaban J connectivity index is 2.13. The van der Waals surface area contributed by atoms with Gasteiger partial charge in [0.1, 0.15) is 0 Å². The second-order valence-corrected chi connectivity index (χ2v) is 4.87. The van der Waals surface area contributed by atoms with Crippen molar-refractivity contribution >= 4 is 17.7 Å². The normalized spacial score (nSPS) is 23.4. The fraction of sp³-hybridized carbons (Fsp3) is 0.900. The molecule has 2 N–H and O–H groups in total. The molecule has 1 fully saturated rings. The predicted octanol–water partition coefficient (Wildman–Crippen LogP) is 0.854. The predicted molar refractivity (Wildman–Crippen MR) is 61.6 cm³/mol. The van der Waals surface area contributed by atoms with Crippen molar-refractivity contribution in [3.63, 3.8) is 0 Å². The van der Waals surface area contributed by atoms with Gasteiger partial charge in [-0.2, -0.15) is 11.8 Å². The summed E-state index contributed by atoms with van der Waals surface area (Å²) in [5, 5.41) is 6.19. The third kappa shape index (κ3) is 3.88. The van der Waals surface area contributed by atoms with Gasteiger partial charge in [0.25, 0.3) is 0 Å². The average Bonchev–Trinajstić information content (AvgIpc) is 2.67. The Kier molecular flexibility index (Phi) is 5.33. The van der Waals surface area contributed by atoms with E-state index in [9.17, 15) is 4.79 Å². The molecule has 0 spiro atoms. The number of carbonyl (C=O) groups is 1. The first kappa shape index (κ1) is 11.9. The van der Waals surface area contributed by atoms with Crippen LogP contribution in [0, 0.1) is 5.92 Å². The Hall–Kier alpha value is -0.220. The molecule has 0 saturated carbocycles. The Labute approximate surface area is 90.4 Å². The van der Waals surface area contributed by atoms with Crippen LogP contribution >= 0.6 is 11.8 Å². The number of rotatable bonds is 5. The van der Waals surface area contributed by atoms with Gasteiger partial charge in [-0.3, -0.25) is 4.79 Å². The van der Waals surface area contributed by atoms with E-state index < -0.39 is 0 Å². The zero-order valence-corrected chi connectivity index (χ0v) is 9.82. The summed E-state index contributed by atoms with van der Waals surface area (Å²) in [6.45, 7) is 3.95. The van der Waals surface area contributed by atoms with E-state index >= 15 is 0 Å². The van der Waals surface area contributed by atoms with E-state index in [4.69, 9.17) is 0 Å². The molecule has 82 valence electrons. The summed E-state index contributed by atoms with van der Waals surface area (Å²) in [4.78, 5) is 11.6. The molecule has 0 aromatic heterocycles. The number of thioether (sulfide) groups is 1. The van der Waals surface area contributed by atoms with E-state index in [1.807, 2.05) is 11.8 Å².